The second-order valence-electron chi connectivity index (χ2n) is 6.69. The standard InChI is InChI=1S/C19H22N6O2/c1-2-25-9-6-12-10-15(23-16-11-20-7-8-21-16)24-18(17(12)19(25)27)22-13-4-3-5-14(13)26/h6-11,13-14,26H,2-5H2,1H3,(H2,21,22,23,24)/t13-,14+/m0/s1. The molecular weight excluding hydrogens is 344 g/mol. The number of anilines is 3. The van der Waals surface area contributed by atoms with E-state index < -0.39 is 6.10 Å². The number of aliphatic hydroxyl groups is 1. The second kappa shape index (κ2) is 7.32. The Balaban J connectivity index is 1.81. The van der Waals surface area contributed by atoms with Crippen LogP contribution in [0.3, 0.4) is 0 Å². The Labute approximate surface area is 156 Å². The van der Waals surface area contributed by atoms with Crippen LogP contribution in [-0.2, 0) is 6.54 Å². The molecule has 0 unspecified atom stereocenters. The minimum atomic E-state index is -0.435. The Kier molecular flexibility index (Phi) is 4.72. The lowest BCUT2D eigenvalue weighted by atomic mass is 10.1. The molecule has 0 amide bonds. The predicted molar refractivity (Wildman–Crippen MR) is 104 cm³/mol. The number of fused-ring (bicyclic) bond motifs is 1. The van der Waals surface area contributed by atoms with E-state index in [1.165, 1.54) is 0 Å². The first-order chi connectivity index (χ1) is 13.2. The van der Waals surface area contributed by atoms with Crippen molar-refractivity contribution in [2.24, 2.45) is 0 Å². The maximum atomic E-state index is 12.9. The van der Waals surface area contributed by atoms with Crippen molar-refractivity contribution in [2.45, 2.75) is 44.9 Å². The molecular formula is C19H22N6O2. The number of nitrogens with one attached hydrogen (secondary N) is 2. The number of aromatic nitrogens is 4. The molecule has 8 nitrogen and oxygen atoms in total. The van der Waals surface area contributed by atoms with Crippen molar-refractivity contribution in [3.63, 3.8) is 0 Å². The normalized spacial score (nSPS) is 19.3. The maximum Gasteiger partial charge on any atom is 0.262 e. The summed E-state index contributed by atoms with van der Waals surface area (Å²) in [4.78, 5) is 25.7. The van der Waals surface area contributed by atoms with Gasteiger partial charge in [0.2, 0.25) is 0 Å². The van der Waals surface area contributed by atoms with Gasteiger partial charge in [-0.2, -0.15) is 0 Å². The van der Waals surface area contributed by atoms with Gasteiger partial charge in [0.15, 0.2) is 0 Å². The fourth-order valence-electron chi connectivity index (χ4n) is 3.50. The summed E-state index contributed by atoms with van der Waals surface area (Å²) >= 11 is 0. The number of aliphatic hydroxyl groups excluding tert-OH is 1. The van der Waals surface area contributed by atoms with E-state index in [-0.39, 0.29) is 11.6 Å². The topological polar surface area (TPSA) is 105 Å². The van der Waals surface area contributed by atoms with E-state index in [2.05, 4.69) is 25.6 Å². The van der Waals surface area contributed by atoms with E-state index in [0.717, 1.165) is 24.6 Å². The van der Waals surface area contributed by atoms with Crippen LogP contribution in [0.1, 0.15) is 26.2 Å². The minimum absolute atomic E-state index is 0.0939. The van der Waals surface area contributed by atoms with Crippen LogP contribution in [0.15, 0.2) is 41.7 Å². The molecule has 8 heteroatoms. The lowest BCUT2D eigenvalue weighted by Gasteiger charge is -2.19. The third-order valence-corrected chi connectivity index (χ3v) is 4.92. The van der Waals surface area contributed by atoms with E-state index in [4.69, 9.17) is 0 Å². The van der Waals surface area contributed by atoms with Gasteiger partial charge in [0.1, 0.15) is 17.5 Å². The average molecular weight is 366 g/mol. The van der Waals surface area contributed by atoms with E-state index in [0.29, 0.717) is 29.4 Å². The van der Waals surface area contributed by atoms with Crippen molar-refractivity contribution >= 4 is 28.2 Å². The van der Waals surface area contributed by atoms with Crippen molar-refractivity contribution in [3.05, 3.63) is 47.3 Å². The van der Waals surface area contributed by atoms with Crippen LogP contribution in [0.2, 0.25) is 0 Å². The van der Waals surface area contributed by atoms with Gasteiger partial charge in [-0.25, -0.2) is 9.97 Å². The molecule has 1 aliphatic carbocycles. The molecule has 3 heterocycles. The number of pyridine rings is 2. The Morgan fingerprint density at radius 1 is 1.30 bits per heavy atom. The molecule has 0 aromatic carbocycles. The maximum absolute atomic E-state index is 12.9. The predicted octanol–water partition coefficient (Wildman–Crippen LogP) is 2.28. The third-order valence-electron chi connectivity index (χ3n) is 4.92. The summed E-state index contributed by atoms with van der Waals surface area (Å²) in [6, 6.07) is 3.61. The molecule has 4 rings (SSSR count). The lowest BCUT2D eigenvalue weighted by Crippen LogP contribution is -2.30. The van der Waals surface area contributed by atoms with Gasteiger partial charge in [0.05, 0.1) is 23.7 Å². The zero-order valence-corrected chi connectivity index (χ0v) is 15.1. The summed E-state index contributed by atoms with van der Waals surface area (Å²) in [6.45, 7) is 2.51. The average Bonchev–Trinajstić information content (AvgIpc) is 3.07. The van der Waals surface area contributed by atoms with Gasteiger partial charge in [0, 0.05) is 25.1 Å². The number of rotatable bonds is 5. The van der Waals surface area contributed by atoms with Crippen LogP contribution in [0, 0.1) is 0 Å². The monoisotopic (exact) mass is 366 g/mol. The van der Waals surface area contributed by atoms with Crippen LogP contribution in [0.5, 0.6) is 0 Å². The van der Waals surface area contributed by atoms with Gasteiger partial charge in [-0.05, 0) is 43.7 Å². The summed E-state index contributed by atoms with van der Waals surface area (Å²) in [5.41, 5.74) is -0.0939. The third kappa shape index (κ3) is 3.48. The SMILES string of the molecule is CCn1ccc2cc(Nc3cnccn3)nc(N[C@H]3CCC[C@H]3O)c2c1=O. The summed E-state index contributed by atoms with van der Waals surface area (Å²) in [5, 5.41) is 17.9. The number of nitrogens with zero attached hydrogens (tertiary/aromatic N) is 4. The first-order valence-corrected chi connectivity index (χ1v) is 9.17. The number of aryl methyl sites for hydroxylation is 1. The largest absolute Gasteiger partial charge is 0.391 e. The summed E-state index contributed by atoms with van der Waals surface area (Å²) in [6.07, 6.45) is 8.70. The number of hydrogen-bond donors (Lipinski definition) is 3. The minimum Gasteiger partial charge on any atom is -0.391 e. The zero-order valence-electron chi connectivity index (χ0n) is 15.1. The highest BCUT2D eigenvalue weighted by Crippen LogP contribution is 2.28. The first-order valence-electron chi connectivity index (χ1n) is 9.17. The molecule has 0 radical (unpaired) electrons. The molecule has 0 aliphatic heterocycles. The molecule has 1 fully saturated rings. The Bertz CT molecular complexity index is 1000. The highest BCUT2D eigenvalue weighted by molar-refractivity contribution is 5.93. The molecule has 0 bridgehead atoms. The smallest absolute Gasteiger partial charge is 0.262 e. The summed E-state index contributed by atoms with van der Waals surface area (Å²) < 4.78 is 1.65. The van der Waals surface area contributed by atoms with Gasteiger partial charge in [-0.1, -0.05) is 0 Å². The molecule has 140 valence electrons. The van der Waals surface area contributed by atoms with Crippen LogP contribution < -0.4 is 16.2 Å². The first kappa shape index (κ1) is 17.4. The molecule has 1 saturated carbocycles. The Morgan fingerprint density at radius 3 is 2.89 bits per heavy atom. The molecule has 2 atom stereocenters. The van der Waals surface area contributed by atoms with Crippen LogP contribution >= 0.6 is 0 Å². The highest BCUT2D eigenvalue weighted by Gasteiger charge is 2.26. The zero-order chi connectivity index (χ0) is 18.8. The van der Waals surface area contributed by atoms with Gasteiger partial charge in [-0.15, -0.1) is 0 Å². The van der Waals surface area contributed by atoms with Crippen molar-refractivity contribution in [1.82, 2.24) is 19.5 Å². The van der Waals surface area contributed by atoms with Gasteiger partial charge in [0.25, 0.3) is 5.56 Å². The fourth-order valence-corrected chi connectivity index (χ4v) is 3.50. The van der Waals surface area contributed by atoms with Crippen LogP contribution in [0.25, 0.3) is 10.8 Å². The van der Waals surface area contributed by atoms with Crippen LogP contribution in [-0.4, -0.2) is 36.8 Å². The second-order valence-corrected chi connectivity index (χ2v) is 6.69. The molecule has 27 heavy (non-hydrogen) atoms. The quantitative estimate of drug-likeness (QED) is 0.636. The summed E-state index contributed by atoms with van der Waals surface area (Å²) in [5.74, 6) is 1.61. The van der Waals surface area contributed by atoms with E-state index in [1.807, 2.05) is 19.1 Å². The van der Waals surface area contributed by atoms with Crippen LogP contribution in [0.4, 0.5) is 17.5 Å². The molecule has 0 spiro atoms. The molecule has 0 saturated heterocycles. The molecule has 3 N–H and O–H groups in total. The fraction of sp³-hybridized carbons (Fsp3) is 0.368. The van der Waals surface area contributed by atoms with Gasteiger partial charge >= 0.3 is 0 Å². The molecule has 3 aromatic rings. The van der Waals surface area contributed by atoms with Crippen molar-refractivity contribution < 1.29 is 5.11 Å². The Hall–Kier alpha value is -3.00. The Morgan fingerprint density at radius 2 is 2.19 bits per heavy atom. The van der Waals surface area contributed by atoms with Crippen molar-refractivity contribution in [3.8, 4) is 0 Å². The highest BCUT2D eigenvalue weighted by atomic mass is 16.3. The summed E-state index contributed by atoms with van der Waals surface area (Å²) in [7, 11) is 0. The van der Waals surface area contributed by atoms with Gasteiger partial charge < -0.3 is 20.3 Å². The molecule has 3 aromatic heterocycles. The van der Waals surface area contributed by atoms with E-state index >= 15 is 0 Å². The van der Waals surface area contributed by atoms with Crippen molar-refractivity contribution in [1.29, 1.82) is 0 Å². The van der Waals surface area contributed by atoms with E-state index in [9.17, 15) is 9.90 Å². The van der Waals surface area contributed by atoms with Gasteiger partial charge in [-0.3, -0.25) is 9.78 Å². The lowest BCUT2D eigenvalue weighted by molar-refractivity contribution is 0.171. The van der Waals surface area contributed by atoms with Crippen molar-refractivity contribution in [2.75, 3.05) is 10.6 Å². The molecule has 1 aliphatic rings. The van der Waals surface area contributed by atoms with E-state index in [1.54, 1.807) is 29.4 Å². The number of hydrogen-bond acceptors (Lipinski definition) is 7.